The van der Waals surface area contributed by atoms with Crippen LogP contribution in [0, 0.1) is 6.92 Å². The number of rotatable bonds is 2. The molecule has 2 rings (SSSR count). The number of nitrogens with two attached hydrogens (primary N) is 1. The molecule has 0 saturated heterocycles. The van der Waals surface area contributed by atoms with Gasteiger partial charge in [-0.25, -0.2) is 0 Å². The van der Waals surface area contributed by atoms with E-state index in [1.165, 1.54) is 10.4 Å². The zero-order valence-electron chi connectivity index (χ0n) is 8.78. The summed E-state index contributed by atoms with van der Waals surface area (Å²) >= 11 is 1.74. The van der Waals surface area contributed by atoms with Crippen molar-refractivity contribution in [1.29, 1.82) is 0 Å². The molecule has 0 bridgehead atoms. The van der Waals surface area contributed by atoms with E-state index in [2.05, 4.69) is 18.4 Å². The zero-order chi connectivity index (χ0) is 10.8. The van der Waals surface area contributed by atoms with Crippen molar-refractivity contribution in [1.82, 2.24) is 0 Å². The molecule has 0 saturated carbocycles. The van der Waals surface area contributed by atoms with Crippen molar-refractivity contribution in [2.75, 3.05) is 12.8 Å². The fourth-order valence-electron chi connectivity index (χ4n) is 1.59. The molecule has 0 fully saturated rings. The molecule has 2 N–H and O–H groups in total. The van der Waals surface area contributed by atoms with Crippen LogP contribution in [0.25, 0.3) is 11.1 Å². The van der Waals surface area contributed by atoms with E-state index in [-0.39, 0.29) is 0 Å². The lowest BCUT2D eigenvalue weighted by molar-refractivity contribution is 0.417. The van der Waals surface area contributed by atoms with Crippen LogP contribution in [0.5, 0.6) is 5.75 Å². The molecular weight excluding hydrogens is 206 g/mol. The maximum absolute atomic E-state index is 5.87. The first-order valence-electron chi connectivity index (χ1n) is 4.70. The SMILES string of the molecule is COc1ccc(-c2ccsc2C)cc1N. The molecule has 78 valence electrons. The number of aryl methyl sites for hydroxylation is 1. The summed E-state index contributed by atoms with van der Waals surface area (Å²) in [5.41, 5.74) is 8.94. The highest BCUT2D eigenvalue weighted by atomic mass is 32.1. The van der Waals surface area contributed by atoms with Gasteiger partial charge in [-0.3, -0.25) is 0 Å². The van der Waals surface area contributed by atoms with Gasteiger partial charge < -0.3 is 10.5 Å². The van der Waals surface area contributed by atoms with Crippen LogP contribution in [0.2, 0.25) is 0 Å². The third-order valence-corrected chi connectivity index (χ3v) is 3.25. The lowest BCUT2D eigenvalue weighted by Crippen LogP contribution is -1.92. The van der Waals surface area contributed by atoms with Crippen molar-refractivity contribution < 1.29 is 4.74 Å². The second-order valence-corrected chi connectivity index (χ2v) is 4.47. The number of ether oxygens (including phenoxy) is 1. The Morgan fingerprint density at radius 1 is 1.27 bits per heavy atom. The smallest absolute Gasteiger partial charge is 0.141 e. The molecule has 2 nitrogen and oxygen atoms in total. The molecule has 1 aromatic heterocycles. The van der Waals surface area contributed by atoms with Gasteiger partial charge in [0, 0.05) is 4.88 Å². The molecule has 15 heavy (non-hydrogen) atoms. The van der Waals surface area contributed by atoms with Crippen molar-refractivity contribution in [2.24, 2.45) is 0 Å². The summed E-state index contributed by atoms with van der Waals surface area (Å²) in [6.45, 7) is 2.11. The Labute approximate surface area is 93.3 Å². The van der Waals surface area contributed by atoms with Gasteiger partial charge >= 0.3 is 0 Å². The van der Waals surface area contributed by atoms with E-state index in [1.807, 2.05) is 18.2 Å². The van der Waals surface area contributed by atoms with Gasteiger partial charge in [0.15, 0.2) is 0 Å². The van der Waals surface area contributed by atoms with Crippen LogP contribution >= 0.6 is 11.3 Å². The lowest BCUT2D eigenvalue weighted by atomic mass is 10.1. The largest absolute Gasteiger partial charge is 0.495 e. The molecule has 0 aliphatic heterocycles. The van der Waals surface area contributed by atoms with Crippen LogP contribution in [0.15, 0.2) is 29.6 Å². The Kier molecular flexibility index (Phi) is 2.64. The number of hydrogen-bond acceptors (Lipinski definition) is 3. The highest BCUT2D eigenvalue weighted by Gasteiger charge is 2.05. The molecule has 0 aliphatic carbocycles. The summed E-state index contributed by atoms with van der Waals surface area (Å²) in [5, 5.41) is 2.09. The van der Waals surface area contributed by atoms with Crippen molar-refractivity contribution in [3.63, 3.8) is 0 Å². The Morgan fingerprint density at radius 2 is 2.07 bits per heavy atom. The van der Waals surface area contributed by atoms with Crippen molar-refractivity contribution in [3.05, 3.63) is 34.5 Å². The molecule has 3 heteroatoms. The number of thiophene rings is 1. The minimum Gasteiger partial charge on any atom is -0.495 e. The molecule has 0 unspecified atom stereocenters. The molecule has 0 aliphatic rings. The van der Waals surface area contributed by atoms with Gasteiger partial charge in [-0.1, -0.05) is 6.07 Å². The monoisotopic (exact) mass is 219 g/mol. The van der Waals surface area contributed by atoms with Gasteiger partial charge in [-0.2, -0.15) is 0 Å². The van der Waals surface area contributed by atoms with E-state index in [9.17, 15) is 0 Å². The van der Waals surface area contributed by atoms with Gasteiger partial charge in [0.25, 0.3) is 0 Å². The summed E-state index contributed by atoms with van der Waals surface area (Å²) in [6, 6.07) is 8.00. The molecule has 0 radical (unpaired) electrons. The maximum atomic E-state index is 5.87. The average Bonchev–Trinajstić information content (AvgIpc) is 2.64. The second kappa shape index (κ2) is 3.95. The topological polar surface area (TPSA) is 35.2 Å². The highest BCUT2D eigenvalue weighted by Crippen LogP contribution is 2.32. The quantitative estimate of drug-likeness (QED) is 0.786. The second-order valence-electron chi connectivity index (χ2n) is 3.35. The van der Waals surface area contributed by atoms with Gasteiger partial charge in [0.1, 0.15) is 5.75 Å². The third-order valence-electron chi connectivity index (χ3n) is 2.40. The van der Waals surface area contributed by atoms with Gasteiger partial charge in [0.2, 0.25) is 0 Å². The fourth-order valence-corrected chi connectivity index (χ4v) is 2.31. The minimum absolute atomic E-state index is 0.681. The summed E-state index contributed by atoms with van der Waals surface area (Å²) < 4.78 is 5.13. The van der Waals surface area contributed by atoms with Crippen LogP contribution in [0.1, 0.15) is 4.88 Å². The molecule has 0 spiro atoms. The predicted molar refractivity (Wildman–Crippen MR) is 65.5 cm³/mol. The first-order chi connectivity index (χ1) is 7.22. The lowest BCUT2D eigenvalue weighted by Gasteiger charge is -2.06. The summed E-state index contributed by atoms with van der Waals surface area (Å²) in [7, 11) is 1.63. The molecule has 1 heterocycles. The number of hydrogen-bond donors (Lipinski definition) is 1. The summed E-state index contributed by atoms with van der Waals surface area (Å²) in [6.07, 6.45) is 0. The Bertz CT molecular complexity index is 476. The van der Waals surface area contributed by atoms with Crippen molar-refractivity contribution >= 4 is 17.0 Å². The van der Waals surface area contributed by atoms with Gasteiger partial charge in [-0.05, 0) is 41.6 Å². The number of methoxy groups -OCH3 is 1. The van der Waals surface area contributed by atoms with Gasteiger partial charge in [0.05, 0.1) is 12.8 Å². The first kappa shape index (κ1) is 10.1. The zero-order valence-corrected chi connectivity index (χ0v) is 9.60. The van der Waals surface area contributed by atoms with E-state index < -0.39 is 0 Å². The Morgan fingerprint density at radius 3 is 2.60 bits per heavy atom. The van der Waals surface area contributed by atoms with Crippen molar-refractivity contribution in [2.45, 2.75) is 6.92 Å². The van der Waals surface area contributed by atoms with Gasteiger partial charge in [-0.15, -0.1) is 11.3 Å². The van der Waals surface area contributed by atoms with E-state index in [1.54, 1.807) is 18.4 Å². The normalized spacial score (nSPS) is 10.3. The maximum Gasteiger partial charge on any atom is 0.141 e. The average molecular weight is 219 g/mol. The van der Waals surface area contributed by atoms with Crippen LogP contribution in [0.3, 0.4) is 0 Å². The molecule has 2 aromatic rings. The van der Waals surface area contributed by atoms with Crippen LogP contribution in [-0.2, 0) is 0 Å². The first-order valence-corrected chi connectivity index (χ1v) is 5.58. The van der Waals surface area contributed by atoms with E-state index in [4.69, 9.17) is 10.5 Å². The van der Waals surface area contributed by atoms with Crippen LogP contribution < -0.4 is 10.5 Å². The third kappa shape index (κ3) is 1.83. The Hall–Kier alpha value is -1.48. The van der Waals surface area contributed by atoms with Crippen molar-refractivity contribution in [3.8, 4) is 16.9 Å². The molecule has 0 atom stereocenters. The van der Waals surface area contributed by atoms with E-state index in [0.29, 0.717) is 5.69 Å². The number of benzene rings is 1. The number of nitrogen functional groups attached to an aromatic ring is 1. The fraction of sp³-hybridized carbons (Fsp3) is 0.167. The summed E-state index contributed by atoms with van der Waals surface area (Å²) in [4.78, 5) is 1.31. The predicted octanol–water partition coefficient (Wildman–Crippen LogP) is 3.31. The van der Waals surface area contributed by atoms with Crippen LogP contribution in [0.4, 0.5) is 5.69 Å². The molecule has 1 aromatic carbocycles. The standard InChI is InChI=1S/C12H13NOS/c1-8-10(5-6-15-8)9-3-4-12(14-2)11(13)7-9/h3-7H,13H2,1-2H3. The number of anilines is 1. The summed E-state index contributed by atoms with van der Waals surface area (Å²) in [5.74, 6) is 0.728. The van der Waals surface area contributed by atoms with E-state index in [0.717, 1.165) is 11.3 Å². The van der Waals surface area contributed by atoms with E-state index >= 15 is 0 Å². The van der Waals surface area contributed by atoms with Crippen LogP contribution in [-0.4, -0.2) is 7.11 Å². The molecule has 0 amide bonds. The minimum atomic E-state index is 0.681. The molecular formula is C12H13NOS. The Balaban J connectivity index is 2.47. The highest BCUT2D eigenvalue weighted by molar-refractivity contribution is 7.10.